The predicted octanol–water partition coefficient (Wildman–Crippen LogP) is 2.54. The van der Waals surface area contributed by atoms with Gasteiger partial charge in [0.1, 0.15) is 0 Å². The summed E-state index contributed by atoms with van der Waals surface area (Å²) < 4.78 is 0. The van der Waals surface area contributed by atoms with Crippen molar-refractivity contribution in [2.45, 2.75) is 20.8 Å². The van der Waals surface area contributed by atoms with Crippen LogP contribution in [0.4, 0.5) is 5.69 Å². The highest BCUT2D eigenvalue weighted by Crippen LogP contribution is 2.21. The summed E-state index contributed by atoms with van der Waals surface area (Å²) in [7, 11) is 0. The van der Waals surface area contributed by atoms with Crippen LogP contribution in [0.5, 0.6) is 0 Å². The number of aliphatic carboxylic acids is 1. The SMILES string of the molecule is CC1=CC(=O)N(c2ccccc2)C1=O.CC=C(C)C(=O)O. The average molecular weight is 287 g/mol. The van der Waals surface area contributed by atoms with E-state index in [4.69, 9.17) is 5.11 Å². The number of carbonyl (C=O) groups excluding carboxylic acids is 2. The minimum Gasteiger partial charge on any atom is -0.478 e. The highest BCUT2D eigenvalue weighted by molar-refractivity contribution is 6.30. The molecule has 0 radical (unpaired) electrons. The van der Waals surface area contributed by atoms with E-state index in [1.165, 1.54) is 11.0 Å². The number of para-hydroxylation sites is 1. The summed E-state index contributed by atoms with van der Waals surface area (Å²) in [6.45, 7) is 4.90. The van der Waals surface area contributed by atoms with E-state index in [-0.39, 0.29) is 11.8 Å². The number of rotatable bonds is 2. The number of hydrogen-bond acceptors (Lipinski definition) is 3. The van der Waals surface area contributed by atoms with Crippen LogP contribution >= 0.6 is 0 Å². The van der Waals surface area contributed by atoms with Crippen LogP contribution in [0.1, 0.15) is 20.8 Å². The van der Waals surface area contributed by atoms with Gasteiger partial charge in [-0.25, -0.2) is 9.69 Å². The second-order valence-electron chi connectivity index (χ2n) is 4.42. The average Bonchev–Trinajstić information content (AvgIpc) is 2.72. The van der Waals surface area contributed by atoms with Gasteiger partial charge in [0.05, 0.1) is 5.69 Å². The van der Waals surface area contributed by atoms with E-state index in [2.05, 4.69) is 0 Å². The molecule has 0 bridgehead atoms. The first-order chi connectivity index (χ1) is 9.88. The summed E-state index contributed by atoms with van der Waals surface area (Å²) in [5.41, 5.74) is 1.49. The van der Waals surface area contributed by atoms with Gasteiger partial charge in [0.25, 0.3) is 11.8 Å². The Hall–Kier alpha value is -2.69. The van der Waals surface area contributed by atoms with E-state index in [0.29, 0.717) is 16.8 Å². The van der Waals surface area contributed by atoms with Gasteiger partial charge in [0.2, 0.25) is 0 Å². The minimum atomic E-state index is -0.845. The van der Waals surface area contributed by atoms with Gasteiger partial charge in [-0.3, -0.25) is 9.59 Å². The van der Waals surface area contributed by atoms with E-state index in [0.717, 1.165) is 0 Å². The second-order valence-corrected chi connectivity index (χ2v) is 4.42. The lowest BCUT2D eigenvalue weighted by Crippen LogP contribution is -2.30. The molecular weight excluding hydrogens is 270 g/mol. The van der Waals surface area contributed by atoms with Crippen molar-refractivity contribution in [1.29, 1.82) is 0 Å². The van der Waals surface area contributed by atoms with Crippen LogP contribution < -0.4 is 4.90 Å². The van der Waals surface area contributed by atoms with Crippen molar-refractivity contribution >= 4 is 23.5 Å². The Morgan fingerprint density at radius 2 is 1.76 bits per heavy atom. The maximum absolute atomic E-state index is 11.6. The summed E-state index contributed by atoms with van der Waals surface area (Å²) in [5, 5.41) is 8.11. The van der Waals surface area contributed by atoms with Gasteiger partial charge in [-0.2, -0.15) is 0 Å². The summed E-state index contributed by atoms with van der Waals surface area (Å²) in [6.07, 6.45) is 2.91. The van der Waals surface area contributed by atoms with Crippen LogP contribution in [0.25, 0.3) is 0 Å². The Balaban J connectivity index is 0.000000270. The fourth-order valence-corrected chi connectivity index (χ4v) is 1.53. The first kappa shape index (κ1) is 16.4. The van der Waals surface area contributed by atoms with Gasteiger partial charge in [-0.1, -0.05) is 24.3 Å². The number of carboxylic acids is 1. The first-order valence-electron chi connectivity index (χ1n) is 6.36. The molecule has 0 aromatic heterocycles. The molecule has 0 fully saturated rings. The van der Waals surface area contributed by atoms with E-state index < -0.39 is 5.97 Å². The number of imide groups is 1. The second kappa shape index (κ2) is 7.19. The Kier molecular flexibility index (Phi) is 5.60. The summed E-state index contributed by atoms with van der Waals surface area (Å²) >= 11 is 0. The van der Waals surface area contributed by atoms with Crippen molar-refractivity contribution < 1.29 is 19.5 Å². The zero-order valence-corrected chi connectivity index (χ0v) is 12.2. The van der Waals surface area contributed by atoms with Gasteiger partial charge in [0, 0.05) is 17.2 Å². The summed E-state index contributed by atoms with van der Waals surface area (Å²) in [6, 6.07) is 8.91. The van der Waals surface area contributed by atoms with Crippen LogP contribution in [-0.2, 0) is 14.4 Å². The molecule has 5 nitrogen and oxygen atoms in total. The van der Waals surface area contributed by atoms with E-state index in [1.807, 2.05) is 6.07 Å². The van der Waals surface area contributed by atoms with Gasteiger partial charge in [0.15, 0.2) is 0 Å². The molecule has 2 amide bonds. The molecule has 2 rings (SSSR count). The molecule has 1 aliphatic rings. The normalized spacial score (nSPS) is 14.5. The molecule has 21 heavy (non-hydrogen) atoms. The van der Waals surface area contributed by atoms with E-state index in [9.17, 15) is 14.4 Å². The number of anilines is 1. The third-order valence-electron chi connectivity index (χ3n) is 2.89. The van der Waals surface area contributed by atoms with E-state index in [1.54, 1.807) is 51.1 Å². The Morgan fingerprint density at radius 3 is 2.10 bits per heavy atom. The van der Waals surface area contributed by atoms with Crippen LogP contribution in [0.3, 0.4) is 0 Å². The van der Waals surface area contributed by atoms with Crippen molar-refractivity contribution in [3.8, 4) is 0 Å². The van der Waals surface area contributed by atoms with Gasteiger partial charge in [-0.05, 0) is 32.9 Å². The number of nitrogens with zero attached hydrogens (tertiary/aromatic N) is 1. The van der Waals surface area contributed by atoms with Gasteiger partial charge >= 0.3 is 5.97 Å². The van der Waals surface area contributed by atoms with Crippen molar-refractivity contribution in [2.24, 2.45) is 0 Å². The highest BCUT2D eigenvalue weighted by Gasteiger charge is 2.29. The van der Waals surface area contributed by atoms with Gasteiger partial charge in [-0.15, -0.1) is 0 Å². The van der Waals surface area contributed by atoms with Gasteiger partial charge < -0.3 is 5.11 Å². The Morgan fingerprint density at radius 1 is 1.19 bits per heavy atom. The van der Waals surface area contributed by atoms with Crippen molar-refractivity contribution in [1.82, 2.24) is 0 Å². The van der Waals surface area contributed by atoms with Crippen LogP contribution in [-0.4, -0.2) is 22.9 Å². The quantitative estimate of drug-likeness (QED) is 0.670. The summed E-state index contributed by atoms with van der Waals surface area (Å²) in [5.74, 6) is -1.34. The van der Waals surface area contributed by atoms with Crippen molar-refractivity contribution in [3.63, 3.8) is 0 Å². The molecule has 5 heteroatoms. The van der Waals surface area contributed by atoms with Crippen molar-refractivity contribution in [2.75, 3.05) is 4.90 Å². The molecule has 0 spiro atoms. The third kappa shape index (κ3) is 4.14. The molecule has 110 valence electrons. The molecule has 1 heterocycles. The smallest absolute Gasteiger partial charge is 0.330 e. The maximum atomic E-state index is 11.6. The summed E-state index contributed by atoms with van der Waals surface area (Å²) in [4.78, 5) is 34.0. The predicted molar refractivity (Wildman–Crippen MR) is 79.8 cm³/mol. The standard InChI is InChI=1S/C11H9NO2.C5H8O2/c1-8-7-10(13)12(11(8)14)9-5-3-2-4-6-9;1-3-4(2)5(6)7/h2-7H,1H3;3H,1-2H3,(H,6,7). The van der Waals surface area contributed by atoms with E-state index >= 15 is 0 Å². The number of hydrogen-bond donors (Lipinski definition) is 1. The molecule has 0 saturated carbocycles. The largest absolute Gasteiger partial charge is 0.478 e. The zero-order valence-electron chi connectivity index (χ0n) is 12.2. The third-order valence-corrected chi connectivity index (χ3v) is 2.89. The maximum Gasteiger partial charge on any atom is 0.330 e. The number of allylic oxidation sites excluding steroid dienone is 1. The molecule has 0 unspecified atom stereocenters. The van der Waals surface area contributed by atoms with Crippen LogP contribution in [0.15, 0.2) is 53.6 Å². The Bertz CT molecular complexity index is 614. The molecule has 1 aromatic carbocycles. The molecule has 1 aromatic rings. The fraction of sp³-hybridized carbons (Fsp3) is 0.188. The number of carbonyl (C=O) groups is 3. The lowest BCUT2D eigenvalue weighted by Gasteiger charge is -2.13. The number of benzene rings is 1. The number of carboxylic acid groups (broad SMARTS) is 1. The molecule has 0 aliphatic carbocycles. The van der Waals surface area contributed by atoms with Crippen LogP contribution in [0, 0.1) is 0 Å². The number of amides is 2. The molecule has 0 atom stereocenters. The highest BCUT2D eigenvalue weighted by atomic mass is 16.4. The molecule has 1 aliphatic heterocycles. The van der Waals surface area contributed by atoms with Crippen LogP contribution in [0.2, 0.25) is 0 Å². The Labute approximate surface area is 123 Å². The zero-order chi connectivity index (χ0) is 16.0. The monoisotopic (exact) mass is 287 g/mol. The minimum absolute atomic E-state index is 0.235. The molecular formula is C16H17NO4. The lowest BCUT2D eigenvalue weighted by molar-refractivity contribution is -0.132. The molecule has 0 saturated heterocycles. The van der Waals surface area contributed by atoms with Crippen molar-refractivity contribution in [3.05, 3.63) is 53.6 Å². The lowest BCUT2D eigenvalue weighted by atomic mass is 10.3. The molecule has 1 N–H and O–H groups in total. The topological polar surface area (TPSA) is 74.7 Å². The first-order valence-corrected chi connectivity index (χ1v) is 6.36. The fourth-order valence-electron chi connectivity index (χ4n) is 1.53.